The molecule has 178 valence electrons. The first-order chi connectivity index (χ1) is 16.6. The van der Waals surface area contributed by atoms with Crippen LogP contribution in [0.1, 0.15) is 52.6 Å². The lowest BCUT2D eigenvalue weighted by Gasteiger charge is -2.27. The second kappa shape index (κ2) is 11.3. The molecule has 3 aromatic rings. The molecule has 0 bridgehead atoms. The van der Waals surface area contributed by atoms with E-state index < -0.39 is 0 Å². The van der Waals surface area contributed by atoms with Crippen LogP contribution in [0.15, 0.2) is 54.6 Å². The molecule has 6 nitrogen and oxygen atoms in total. The zero-order valence-electron chi connectivity index (χ0n) is 20.2. The van der Waals surface area contributed by atoms with Gasteiger partial charge in [0.05, 0.1) is 5.70 Å². The number of aryl methyl sites for hydroxylation is 2. The van der Waals surface area contributed by atoms with Crippen molar-refractivity contribution in [2.75, 3.05) is 26.8 Å². The SMILES string of the molecule is CCOC.Cc1ccccc1C1=C(c2ccc(OC3CNC3)cc2)n2nc(C=O)cc2CCC1. The van der Waals surface area contributed by atoms with Crippen LogP contribution in [0.4, 0.5) is 0 Å². The van der Waals surface area contributed by atoms with Crippen LogP contribution < -0.4 is 10.1 Å². The predicted octanol–water partition coefficient (Wildman–Crippen LogP) is 4.76. The maximum absolute atomic E-state index is 11.4. The van der Waals surface area contributed by atoms with Gasteiger partial charge in [0.25, 0.3) is 0 Å². The molecule has 34 heavy (non-hydrogen) atoms. The Morgan fingerprint density at radius 3 is 2.47 bits per heavy atom. The molecule has 0 spiro atoms. The molecule has 1 N–H and O–H groups in total. The van der Waals surface area contributed by atoms with Gasteiger partial charge in [-0.3, -0.25) is 4.79 Å². The molecule has 1 fully saturated rings. The number of allylic oxidation sites excluding steroid dienone is 1. The number of nitrogens with one attached hydrogen (secondary N) is 1. The number of nitrogens with zero attached hydrogens (tertiary/aromatic N) is 2. The summed E-state index contributed by atoms with van der Waals surface area (Å²) in [4.78, 5) is 11.4. The molecule has 0 saturated carbocycles. The summed E-state index contributed by atoms with van der Waals surface area (Å²) in [5.41, 5.74) is 7.45. The first-order valence-electron chi connectivity index (χ1n) is 11.9. The summed E-state index contributed by atoms with van der Waals surface area (Å²) < 4.78 is 12.5. The Labute approximate surface area is 201 Å². The molecule has 2 aromatic carbocycles. The van der Waals surface area contributed by atoms with Crippen molar-refractivity contribution in [3.05, 3.63) is 82.7 Å². The summed E-state index contributed by atoms with van der Waals surface area (Å²) in [5, 5.41) is 7.86. The Bertz CT molecular complexity index is 1140. The fourth-order valence-corrected chi connectivity index (χ4v) is 4.26. The van der Waals surface area contributed by atoms with Crippen LogP contribution in [0, 0.1) is 6.92 Å². The highest BCUT2D eigenvalue weighted by molar-refractivity contribution is 5.92. The van der Waals surface area contributed by atoms with Crippen LogP contribution in [0.2, 0.25) is 0 Å². The average molecular weight is 460 g/mol. The summed E-state index contributed by atoms with van der Waals surface area (Å²) in [6, 6.07) is 18.7. The molecular formula is C28H33N3O3. The first kappa shape index (κ1) is 23.9. The van der Waals surface area contributed by atoms with Crippen molar-refractivity contribution in [2.45, 2.75) is 39.2 Å². The topological polar surface area (TPSA) is 65.4 Å². The van der Waals surface area contributed by atoms with E-state index in [2.05, 4.69) is 58.5 Å². The van der Waals surface area contributed by atoms with Gasteiger partial charge in [0.2, 0.25) is 0 Å². The highest BCUT2D eigenvalue weighted by Gasteiger charge is 2.23. The van der Waals surface area contributed by atoms with Gasteiger partial charge in [0.15, 0.2) is 6.29 Å². The Morgan fingerprint density at radius 1 is 1.12 bits per heavy atom. The number of aldehydes is 1. The van der Waals surface area contributed by atoms with Gasteiger partial charge in [-0.2, -0.15) is 5.10 Å². The van der Waals surface area contributed by atoms with Crippen LogP contribution in [0.25, 0.3) is 11.3 Å². The predicted molar refractivity (Wildman–Crippen MR) is 135 cm³/mol. The zero-order chi connectivity index (χ0) is 23.9. The van der Waals surface area contributed by atoms with Gasteiger partial charge < -0.3 is 14.8 Å². The van der Waals surface area contributed by atoms with Crippen molar-refractivity contribution in [3.63, 3.8) is 0 Å². The number of aromatic nitrogens is 2. The molecule has 0 atom stereocenters. The number of benzene rings is 2. The van der Waals surface area contributed by atoms with Crippen LogP contribution in [0.3, 0.4) is 0 Å². The summed E-state index contributed by atoms with van der Waals surface area (Å²) in [7, 11) is 1.68. The summed E-state index contributed by atoms with van der Waals surface area (Å²) in [6.07, 6.45) is 3.97. The summed E-state index contributed by atoms with van der Waals surface area (Å²) in [5.74, 6) is 0.881. The lowest BCUT2D eigenvalue weighted by molar-refractivity contribution is 0.111. The van der Waals surface area contributed by atoms with Crippen LogP contribution in [-0.4, -0.2) is 49.0 Å². The summed E-state index contributed by atoms with van der Waals surface area (Å²) >= 11 is 0. The number of hydrogen-bond donors (Lipinski definition) is 1. The minimum atomic E-state index is 0.253. The second-order valence-electron chi connectivity index (χ2n) is 8.59. The van der Waals surface area contributed by atoms with Gasteiger partial charge in [-0.15, -0.1) is 0 Å². The van der Waals surface area contributed by atoms with E-state index in [0.29, 0.717) is 5.69 Å². The third-order valence-corrected chi connectivity index (χ3v) is 6.21. The van der Waals surface area contributed by atoms with Crippen molar-refractivity contribution in [1.29, 1.82) is 0 Å². The Balaban J connectivity index is 0.000000636. The van der Waals surface area contributed by atoms with Gasteiger partial charge in [0.1, 0.15) is 17.5 Å². The van der Waals surface area contributed by atoms with E-state index in [9.17, 15) is 4.79 Å². The average Bonchev–Trinajstić information content (AvgIpc) is 3.16. The molecular weight excluding hydrogens is 426 g/mol. The number of hydrogen-bond acceptors (Lipinski definition) is 5. The van der Waals surface area contributed by atoms with Crippen molar-refractivity contribution < 1.29 is 14.3 Å². The molecule has 2 aliphatic rings. The minimum absolute atomic E-state index is 0.253. The number of methoxy groups -OCH3 is 1. The highest BCUT2D eigenvalue weighted by atomic mass is 16.5. The van der Waals surface area contributed by atoms with Crippen molar-refractivity contribution in [3.8, 4) is 5.75 Å². The van der Waals surface area contributed by atoms with Crippen LogP contribution in [0.5, 0.6) is 5.75 Å². The van der Waals surface area contributed by atoms with E-state index in [1.165, 1.54) is 16.7 Å². The third kappa shape index (κ3) is 5.29. The van der Waals surface area contributed by atoms with E-state index in [0.717, 1.165) is 67.9 Å². The van der Waals surface area contributed by atoms with E-state index in [1.54, 1.807) is 7.11 Å². The molecule has 0 unspecified atom stereocenters. The van der Waals surface area contributed by atoms with Gasteiger partial charge in [0, 0.05) is 38.1 Å². The molecule has 5 rings (SSSR count). The molecule has 0 amide bonds. The van der Waals surface area contributed by atoms with Crippen molar-refractivity contribution in [1.82, 2.24) is 15.1 Å². The monoisotopic (exact) mass is 459 g/mol. The Hall–Kier alpha value is -3.22. The minimum Gasteiger partial charge on any atom is -0.488 e. The third-order valence-electron chi connectivity index (χ3n) is 6.21. The number of carbonyl (C=O) groups is 1. The van der Waals surface area contributed by atoms with Gasteiger partial charge >= 0.3 is 0 Å². The normalized spacial score (nSPS) is 15.5. The molecule has 1 saturated heterocycles. The highest BCUT2D eigenvalue weighted by Crippen LogP contribution is 2.37. The molecule has 3 heterocycles. The lowest BCUT2D eigenvalue weighted by Crippen LogP contribution is -2.50. The molecule has 1 aromatic heterocycles. The molecule has 6 heteroatoms. The first-order valence-corrected chi connectivity index (χ1v) is 11.9. The van der Waals surface area contributed by atoms with Gasteiger partial charge in [-0.05, 0) is 80.1 Å². The number of fused-ring (bicyclic) bond motifs is 1. The van der Waals surface area contributed by atoms with E-state index in [-0.39, 0.29) is 6.10 Å². The maximum atomic E-state index is 11.4. The van der Waals surface area contributed by atoms with E-state index in [1.807, 2.05) is 29.8 Å². The fourth-order valence-electron chi connectivity index (χ4n) is 4.26. The number of ether oxygens (including phenoxy) is 2. The second-order valence-corrected chi connectivity index (χ2v) is 8.59. The smallest absolute Gasteiger partial charge is 0.170 e. The fraction of sp³-hybridized carbons (Fsp3) is 0.357. The molecule has 0 radical (unpaired) electrons. The van der Waals surface area contributed by atoms with E-state index in [4.69, 9.17) is 4.74 Å². The Kier molecular flexibility index (Phi) is 7.93. The van der Waals surface area contributed by atoms with Crippen LogP contribution in [-0.2, 0) is 11.2 Å². The van der Waals surface area contributed by atoms with Crippen molar-refractivity contribution >= 4 is 17.6 Å². The van der Waals surface area contributed by atoms with Gasteiger partial charge in [-0.25, -0.2) is 4.68 Å². The lowest BCUT2D eigenvalue weighted by atomic mass is 9.93. The maximum Gasteiger partial charge on any atom is 0.170 e. The zero-order valence-corrected chi connectivity index (χ0v) is 20.2. The van der Waals surface area contributed by atoms with E-state index >= 15 is 0 Å². The number of carbonyl (C=O) groups excluding carboxylic acids is 1. The van der Waals surface area contributed by atoms with Crippen LogP contribution >= 0.6 is 0 Å². The Morgan fingerprint density at radius 2 is 1.85 bits per heavy atom. The summed E-state index contributed by atoms with van der Waals surface area (Å²) in [6.45, 7) is 6.72. The molecule has 2 aliphatic heterocycles. The quantitative estimate of drug-likeness (QED) is 0.539. The van der Waals surface area contributed by atoms with Crippen molar-refractivity contribution in [2.24, 2.45) is 0 Å². The number of rotatable bonds is 6. The van der Waals surface area contributed by atoms with Gasteiger partial charge in [-0.1, -0.05) is 24.3 Å². The largest absolute Gasteiger partial charge is 0.488 e. The standard InChI is InChI=1S/C25H25N3O2.C3H8O/c1-17-5-2-3-7-23(17)24-8-4-6-20-13-19(16-29)27-28(20)25(24)18-9-11-21(12-10-18)30-22-14-26-15-22;1-3-4-2/h2-3,5,7,9-13,16,22,26H,4,6,8,14-15H2,1H3;3H2,1-2H3. The molecule has 0 aliphatic carbocycles.